The van der Waals surface area contributed by atoms with Crippen LogP contribution in [0, 0.1) is 0 Å². The third-order valence-corrected chi connectivity index (χ3v) is 14.4. The van der Waals surface area contributed by atoms with Crippen LogP contribution in [-0.2, 0) is 0 Å². The van der Waals surface area contributed by atoms with Crippen molar-refractivity contribution in [1.82, 2.24) is 19.5 Å². The fourth-order valence-corrected chi connectivity index (χ4v) is 11.6. The Hall–Kier alpha value is -7.51. The normalized spacial score (nSPS) is 11.9. The monoisotopic (exact) mass is 812 g/mol. The van der Waals surface area contributed by atoms with Gasteiger partial charge in [-0.1, -0.05) is 133 Å². The lowest BCUT2D eigenvalue weighted by molar-refractivity contribution is 1.08. The van der Waals surface area contributed by atoms with Crippen LogP contribution in [0.2, 0.25) is 0 Å². The van der Waals surface area contributed by atoms with E-state index in [4.69, 9.17) is 15.0 Å². The van der Waals surface area contributed by atoms with Crippen LogP contribution in [0.3, 0.4) is 0 Å². The Bertz CT molecular complexity index is 3900. The van der Waals surface area contributed by atoms with Crippen LogP contribution < -0.4 is 0 Å². The number of thiophene rings is 2. The van der Waals surface area contributed by atoms with Crippen LogP contribution in [0.4, 0.5) is 0 Å². The average molecular weight is 813 g/mol. The highest BCUT2D eigenvalue weighted by Crippen LogP contribution is 2.45. The molecule has 4 aromatic heterocycles. The smallest absolute Gasteiger partial charge is 0.165 e. The minimum absolute atomic E-state index is 0.630. The first kappa shape index (κ1) is 34.4. The lowest BCUT2D eigenvalue weighted by Gasteiger charge is -2.17. The number of nitrogens with zero attached hydrogens (tertiary/aromatic N) is 4. The summed E-state index contributed by atoms with van der Waals surface area (Å²) in [5.41, 5.74) is 8.58. The van der Waals surface area contributed by atoms with Gasteiger partial charge in [-0.15, -0.1) is 22.7 Å². The number of hydrogen-bond donors (Lipinski definition) is 0. The van der Waals surface area contributed by atoms with E-state index in [1.807, 2.05) is 29.5 Å². The Morgan fingerprint density at radius 3 is 1.82 bits per heavy atom. The highest BCUT2D eigenvalue weighted by molar-refractivity contribution is 7.26. The van der Waals surface area contributed by atoms with Gasteiger partial charge < -0.3 is 4.57 Å². The summed E-state index contributed by atoms with van der Waals surface area (Å²) in [5, 5.41) is 9.87. The molecule has 0 unspecified atom stereocenters. The van der Waals surface area contributed by atoms with Crippen molar-refractivity contribution in [3.05, 3.63) is 194 Å². The van der Waals surface area contributed by atoms with E-state index in [-0.39, 0.29) is 0 Å². The van der Waals surface area contributed by atoms with Gasteiger partial charge >= 0.3 is 0 Å². The number of aromatic nitrogens is 4. The molecule has 0 saturated heterocycles. The number of hydrogen-bond acceptors (Lipinski definition) is 5. The summed E-state index contributed by atoms with van der Waals surface area (Å²) in [7, 11) is 0. The standard InChI is InChI=1S/C55H32N4S2/c1-2-14-33(15-3-1)53-56-54(58-55(57-53)42-23-12-22-40-38-19-7-10-25-48(38)61-52(40)42)36-28-29-46(44(31-36)39-21-13-27-50-51(39)41-20-8-11-26-49(41)60-50)59-45-24-9-6-18-37(45)43-30-34-16-4-5-17-35(34)32-47(43)59/h1-32H. The molecule has 9 aromatic carbocycles. The van der Waals surface area contributed by atoms with Gasteiger partial charge in [-0.3, -0.25) is 0 Å². The second kappa shape index (κ2) is 13.5. The molecule has 0 N–H and O–H groups in total. The van der Waals surface area contributed by atoms with Gasteiger partial charge in [0.25, 0.3) is 0 Å². The van der Waals surface area contributed by atoms with Gasteiger partial charge in [0, 0.05) is 73.4 Å². The third-order valence-electron chi connectivity index (χ3n) is 12.0. The lowest BCUT2D eigenvalue weighted by Crippen LogP contribution is -2.02. The molecule has 0 aliphatic carbocycles. The predicted molar refractivity (Wildman–Crippen MR) is 259 cm³/mol. The SMILES string of the molecule is c1ccc(-c2nc(-c3ccc(-n4c5ccccc5c5cc6ccccc6cc54)c(-c4cccc5sc6ccccc6c45)c3)nc(-c3cccc4c3sc3ccccc34)n2)cc1. The first-order chi connectivity index (χ1) is 30.2. The van der Waals surface area contributed by atoms with Gasteiger partial charge in [-0.2, -0.15) is 0 Å². The largest absolute Gasteiger partial charge is 0.309 e. The molecule has 0 bridgehead atoms. The molecule has 0 atom stereocenters. The highest BCUT2D eigenvalue weighted by atomic mass is 32.1. The van der Waals surface area contributed by atoms with Crippen molar-refractivity contribution in [2.24, 2.45) is 0 Å². The predicted octanol–water partition coefficient (Wildman–Crippen LogP) is 15.5. The van der Waals surface area contributed by atoms with Gasteiger partial charge in [0.1, 0.15) is 0 Å². The third kappa shape index (κ3) is 5.39. The Kier molecular flexibility index (Phi) is 7.61. The van der Waals surface area contributed by atoms with Gasteiger partial charge in [0.05, 0.1) is 16.7 Å². The second-order valence-corrected chi connectivity index (χ2v) is 17.7. The Morgan fingerprint density at radius 1 is 0.344 bits per heavy atom. The Labute approximate surface area is 358 Å². The van der Waals surface area contributed by atoms with E-state index in [0.29, 0.717) is 17.5 Å². The van der Waals surface area contributed by atoms with Gasteiger partial charge in [-0.25, -0.2) is 15.0 Å². The average Bonchev–Trinajstić information content (AvgIpc) is 4.00. The molecule has 284 valence electrons. The summed E-state index contributed by atoms with van der Waals surface area (Å²) >= 11 is 3.63. The van der Waals surface area contributed by atoms with Crippen LogP contribution in [0.25, 0.3) is 124 Å². The number of rotatable bonds is 5. The van der Waals surface area contributed by atoms with E-state index in [1.165, 1.54) is 73.0 Å². The number of fused-ring (bicyclic) bond motifs is 10. The van der Waals surface area contributed by atoms with E-state index in [0.717, 1.165) is 33.5 Å². The molecule has 61 heavy (non-hydrogen) atoms. The van der Waals surface area contributed by atoms with Gasteiger partial charge in [0.15, 0.2) is 17.5 Å². The topological polar surface area (TPSA) is 43.6 Å². The molecule has 0 radical (unpaired) electrons. The van der Waals surface area contributed by atoms with Crippen LogP contribution in [0.5, 0.6) is 0 Å². The van der Waals surface area contributed by atoms with Crippen molar-refractivity contribution in [3.8, 4) is 51.0 Å². The molecule has 0 fully saturated rings. The van der Waals surface area contributed by atoms with Crippen LogP contribution >= 0.6 is 22.7 Å². The van der Waals surface area contributed by atoms with Crippen LogP contribution in [0.1, 0.15) is 0 Å². The summed E-state index contributed by atoms with van der Waals surface area (Å²) in [5.74, 6) is 1.93. The van der Waals surface area contributed by atoms with Crippen molar-refractivity contribution in [2.75, 3.05) is 0 Å². The molecule has 13 aromatic rings. The highest BCUT2D eigenvalue weighted by Gasteiger charge is 2.22. The zero-order valence-corrected chi connectivity index (χ0v) is 34.2. The van der Waals surface area contributed by atoms with Crippen molar-refractivity contribution in [3.63, 3.8) is 0 Å². The fraction of sp³-hybridized carbons (Fsp3) is 0. The molecule has 4 heterocycles. The molecular weight excluding hydrogens is 781 g/mol. The van der Waals surface area contributed by atoms with Gasteiger partial charge in [-0.05, 0) is 77.0 Å². The second-order valence-electron chi connectivity index (χ2n) is 15.5. The molecule has 0 spiro atoms. The minimum atomic E-state index is 0.630. The van der Waals surface area contributed by atoms with Crippen molar-refractivity contribution in [2.45, 2.75) is 0 Å². The first-order valence-electron chi connectivity index (χ1n) is 20.4. The first-order valence-corrected chi connectivity index (χ1v) is 22.1. The number of para-hydroxylation sites is 1. The summed E-state index contributed by atoms with van der Waals surface area (Å²) in [4.78, 5) is 15.8. The fourth-order valence-electron chi connectivity index (χ4n) is 9.26. The Balaban J connectivity index is 1.11. The minimum Gasteiger partial charge on any atom is -0.309 e. The summed E-state index contributed by atoms with van der Waals surface area (Å²) in [6.45, 7) is 0. The maximum absolute atomic E-state index is 5.36. The molecule has 6 heteroatoms. The van der Waals surface area contributed by atoms with Crippen LogP contribution in [0.15, 0.2) is 194 Å². The quantitative estimate of drug-likeness (QED) is 0.174. The zero-order valence-electron chi connectivity index (χ0n) is 32.6. The van der Waals surface area contributed by atoms with E-state index in [1.54, 1.807) is 11.3 Å². The Morgan fingerprint density at radius 2 is 0.967 bits per heavy atom. The summed E-state index contributed by atoms with van der Waals surface area (Å²) < 4.78 is 7.41. The van der Waals surface area contributed by atoms with E-state index in [2.05, 4.69) is 180 Å². The van der Waals surface area contributed by atoms with Crippen molar-refractivity contribution < 1.29 is 0 Å². The van der Waals surface area contributed by atoms with Gasteiger partial charge in [0.2, 0.25) is 0 Å². The van der Waals surface area contributed by atoms with Crippen molar-refractivity contribution >= 4 is 95.6 Å². The van der Waals surface area contributed by atoms with E-state index >= 15 is 0 Å². The zero-order chi connectivity index (χ0) is 40.0. The van der Waals surface area contributed by atoms with E-state index in [9.17, 15) is 0 Å². The van der Waals surface area contributed by atoms with Crippen LogP contribution in [-0.4, -0.2) is 19.5 Å². The summed E-state index contributed by atoms with van der Waals surface area (Å²) in [6.07, 6.45) is 0. The van der Waals surface area contributed by atoms with E-state index < -0.39 is 0 Å². The molecule has 0 amide bonds. The number of benzene rings is 9. The molecule has 0 aliphatic heterocycles. The lowest BCUT2D eigenvalue weighted by atomic mass is 9.95. The molecule has 0 saturated carbocycles. The molecule has 0 aliphatic rings. The maximum Gasteiger partial charge on any atom is 0.165 e. The molecular formula is C55H32N4S2. The summed E-state index contributed by atoms with van der Waals surface area (Å²) in [6, 6.07) is 69.8. The molecule has 13 rings (SSSR count). The molecule has 4 nitrogen and oxygen atoms in total. The van der Waals surface area contributed by atoms with Crippen molar-refractivity contribution in [1.29, 1.82) is 0 Å². The maximum atomic E-state index is 5.36.